The van der Waals surface area contributed by atoms with Crippen molar-refractivity contribution in [1.82, 2.24) is 4.90 Å². The van der Waals surface area contributed by atoms with Gasteiger partial charge in [0.25, 0.3) is 0 Å². The molecule has 110 valence electrons. The van der Waals surface area contributed by atoms with Crippen LogP contribution in [0.4, 0.5) is 0 Å². The molecule has 1 unspecified atom stereocenters. The van der Waals surface area contributed by atoms with Gasteiger partial charge in [-0.05, 0) is 50.5 Å². The zero-order chi connectivity index (χ0) is 13.8. The second-order valence-corrected chi connectivity index (χ2v) is 6.66. The van der Waals surface area contributed by atoms with Gasteiger partial charge in [0.1, 0.15) is 6.04 Å². The van der Waals surface area contributed by atoms with Gasteiger partial charge in [-0.1, -0.05) is 26.7 Å². The van der Waals surface area contributed by atoms with E-state index in [4.69, 9.17) is 4.74 Å². The molecule has 0 heterocycles. The van der Waals surface area contributed by atoms with Gasteiger partial charge in [0.15, 0.2) is 0 Å². The Morgan fingerprint density at radius 1 is 1.21 bits per heavy atom. The lowest BCUT2D eigenvalue weighted by atomic mass is 10.0. The molecular weight excluding hydrogens is 238 g/mol. The maximum Gasteiger partial charge on any atom is 0.323 e. The number of esters is 1. The molecule has 2 aliphatic carbocycles. The third kappa shape index (κ3) is 3.95. The Morgan fingerprint density at radius 2 is 1.84 bits per heavy atom. The van der Waals surface area contributed by atoms with Crippen LogP contribution < -0.4 is 0 Å². The van der Waals surface area contributed by atoms with Crippen LogP contribution in [0.5, 0.6) is 0 Å². The molecule has 2 fully saturated rings. The molecule has 0 saturated heterocycles. The molecule has 3 heteroatoms. The second kappa shape index (κ2) is 6.74. The third-order valence-electron chi connectivity index (χ3n) is 4.63. The van der Waals surface area contributed by atoms with Gasteiger partial charge in [-0.2, -0.15) is 0 Å². The highest BCUT2D eigenvalue weighted by Crippen LogP contribution is 2.39. The van der Waals surface area contributed by atoms with Crippen molar-refractivity contribution in [3.05, 3.63) is 0 Å². The van der Waals surface area contributed by atoms with E-state index in [1.807, 2.05) is 0 Å². The molecule has 0 spiro atoms. The number of carbonyl (C=O) groups excluding carboxylic acids is 1. The zero-order valence-electron chi connectivity index (χ0n) is 12.7. The minimum atomic E-state index is -0.00171. The van der Waals surface area contributed by atoms with Gasteiger partial charge in [0.2, 0.25) is 0 Å². The molecule has 0 radical (unpaired) electrons. The molecular formula is C16H29NO2. The molecule has 0 aromatic rings. The summed E-state index contributed by atoms with van der Waals surface area (Å²) in [6.45, 7) is 5.58. The van der Waals surface area contributed by atoms with E-state index in [1.165, 1.54) is 52.1 Å². The Balaban J connectivity index is 2.06. The predicted octanol–water partition coefficient (Wildman–Crippen LogP) is 3.23. The quantitative estimate of drug-likeness (QED) is 0.663. The highest BCUT2D eigenvalue weighted by Gasteiger charge is 2.43. The lowest BCUT2D eigenvalue weighted by molar-refractivity contribution is -0.149. The van der Waals surface area contributed by atoms with E-state index in [-0.39, 0.29) is 12.0 Å². The Bertz CT molecular complexity index is 293. The number of hydrogen-bond donors (Lipinski definition) is 0. The number of carbonyl (C=O) groups is 1. The Hall–Kier alpha value is -0.570. The lowest BCUT2D eigenvalue weighted by Crippen LogP contribution is -2.49. The van der Waals surface area contributed by atoms with E-state index < -0.39 is 0 Å². The third-order valence-corrected chi connectivity index (χ3v) is 4.63. The van der Waals surface area contributed by atoms with Crippen molar-refractivity contribution in [2.24, 2.45) is 11.8 Å². The summed E-state index contributed by atoms with van der Waals surface area (Å²) in [6.07, 6.45) is 8.74. The maximum atomic E-state index is 12.2. The van der Waals surface area contributed by atoms with E-state index >= 15 is 0 Å². The van der Waals surface area contributed by atoms with Crippen molar-refractivity contribution in [1.29, 1.82) is 0 Å². The normalized spacial score (nSPS) is 22.2. The lowest BCUT2D eigenvalue weighted by Gasteiger charge is -2.35. The molecule has 0 amide bonds. The van der Waals surface area contributed by atoms with E-state index in [2.05, 4.69) is 18.7 Å². The topological polar surface area (TPSA) is 29.5 Å². The highest BCUT2D eigenvalue weighted by molar-refractivity contribution is 5.76. The largest absolute Gasteiger partial charge is 0.468 e. The van der Waals surface area contributed by atoms with Gasteiger partial charge >= 0.3 is 5.97 Å². The Morgan fingerprint density at radius 3 is 2.32 bits per heavy atom. The average molecular weight is 267 g/mol. The first-order chi connectivity index (χ1) is 9.13. The summed E-state index contributed by atoms with van der Waals surface area (Å²) in [5.41, 5.74) is 0. The fraction of sp³-hybridized carbons (Fsp3) is 0.938. The number of methoxy groups -OCH3 is 1. The summed E-state index contributed by atoms with van der Waals surface area (Å²) in [5, 5.41) is 0. The van der Waals surface area contributed by atoms with Gasteiger partial charge < -0.3 is 4.74 Å². The smallest absolute Gasteiger partial charge is 0.323 e. The fourth-order valence-corrected chi connectivity index (χ4v) is 3.32. The summed E-state index contributed by atoms with van der Waals surface area (Å²) in [4.78, 5) is 14.7. The first kappa shape index (κ1) is 14.8. The number of nitrogens with zero attached hydrogens (tertiary/aromatic N) is 1. The summed E-state index contributed by atoms with van der Waals surface area (Å²) < 4.78 is 5.08. The summed E-state index contributed by atoms with van der Waals surface area (Å²) in [5.74, 6) is 1.25. The molecule has 19 heavy (non-hydrogen) atoms. The average Bonchev–Trinajstić information content (AvgIpc) is 3.07. The fourth-order valence-electron chi connectivity index (χ4n) is 3.32. The van der Waals surface area contributed by atoms with Crippen LogP contribution in [-0.2, 0) is 9.53 Å². The van der Waals surface area contributed by atoms with Gasteiger partial charge in [0.05, 0.1) is 7.11 Å². The van der Waals surface area contributed by atoms with Crippen molar-refractivity contribution in [3.63, 3.8) is 0 Å². The van der Waals surface area contributed by atoms with Crippen LogP contribution in [0.15, 0.2) is 0 Å². The van der Waals surface area contributed by atoms with Crippen LogP contribution in [0, 0.1) is 11.8 Å². The summed E-state index contributed by atoms with van der Waals surface area (Å²) in [7, 11) is 1.53. The standard InChI is InChI=1S/C16H29NO2/c1-12(2)10-11-17(14-6-4-5-7-14)15(13-8-9-13)16(18)19-3/h12-15H,4-11H2,1-3H3. The van der Waals surface area contributed by atoms with Crippen LogP contribution in [0.25, 0.3) is 0 Å². The van der Waals surface area contributed by atoms with Crippen molar-refractivity contribution in [2.45, 2.75) is 70.9 Å². The van der Waals surface area contributed by atoms with Crippen molar-refractivity contribution < 1.29 is 9.53 Å². The monoisotopic (exact) mass is 267 g/mol. The second-order valence-electron chi connectivity index (χ2n) is 6.66. The highest BCUT2D eigenvalue weighted by atomic mass is 16.5. The number of hydrogen-bond acceptors (Lipinski definition) is 3. The van der Waals surface area contributed by atoms with Crippen LogP contribution in [0.2, 0.25) is 0 Å². The first-order valence-corrected chi connectivity index (χ1v) is 7.97. The molecule has 2 saturated carbocycles. The molecule has 1 atom stereocenters. The van der Waals surface area contributed by atoms with Crippen molar-refractivity contribution >= 4 is 5.97 Å². The predicted molar refractivity (Wildman–Crippen MR) is 76.9 cm³/mol. The molecule has 3 nitrogen and oxygen atoms in total. The minimum Gasteiger partial charge on any atom is -0.468 e. The molecule has 0 aliphatic heterocycles. The summed E-state index contributed by atoms with van der Waals surface area (Å²) >= 11 is 0. The van der Waals surface area contributed by atoms with Gasteiger partial charge in [0, 0.05) is 6.04 Å². The van der Waals surface area contributed by atoms with Gasteiger partial charge in [-0.25, -0.2) is 0 Å². The van der Waals surface area contributed by atoms with Crippen LogP contribution in [0.3, 0.4) is 0 Å². The molecule has 0 N–H and O–H groups in total. The van der Waals surface area contributed by atoms with E-state index in [0.717, 1.165) is 6.54 Å². The first-order valence-electron chi connectivity index (χ1n) is 7.97. The van der Waals surface area contributed by atoms with Crippen LogP contribution in [0.1, 0.15) is 58.8 Å². The molecule has 0 bridgehead atoms. The SMILES string of the molecule is COC(=O)C(C1CC1)N(CCC(C)C)C1CCCC1. The number of ether oxygens (including phenoxy) is 1. The van der Waals surface area contributed by atoms with Crippen LogP contribution in [-0.4, -0.2) is 36.6 Å². The molecule has 0 aromatic carbocycles. The van der Waals surface area contributed by atoms with E-state index in [0.29, 0.717) is 17.9 Å². The van der Waals surface area contributed by atoms with E-state index in [1.54, 1.807) is 0 Å². The van der Waals surface area contributed by atoms with Gasteiger partial charge in [-0.3, -0.25) is 9.69 Å². The summed E-state index contributed by atoms with van der Waals surface area (Å²) in [6, 6.07) is 0.648. The Kier molecular flexibility index (Phi) is 5.26. The zero-order valence-corrected chi connectivity index (χ0v) is 12.7. The minimum absolute atomic E-state index is 0.00171. The van der Waals surface area contributed by atoms with Crippen molar-refractivity contribution in [3.8, 4) is 0 Å². The van der Waals surface area contributed by atoms with Gasteiger partial charge in [-0.15, -0.1) is 0 Å². The maximum absolute atomic E-state index is 12.2. The molecule has 0 aromatic heterocycles. The number of rotatable bonds is 7. The van der Waals surface area contributed by atoms with Crippen molar-refractivity contribution in [2.75, 3.05) is 13.7 Å². The molecule has 2 aliphatic rings. The van der Waals surface area contributed by atoms with Crippen LogP contribution >= 0.6 is 0 Å². The molecule has 2 rings (SSSR count). The Labute approximate surface area is 117 Å². The van der Waals surface area contributed by atoms with E-state index in [9.17, 15) is 4.79 Å².